The fraction of sp³-hybridized carbons (Fsp3) is 0.500. The molecular formula is C14H18N2O4. The number of esters is 1. The van der Waals surface area contributed by atoms with Crippen molar-refractivity contribution in [3.8, 4) is 0 Å². The molecule has 6 heteroatoms. The maximum absolute atomic E-state index is 11.5. The van der Waals surface area contributed by atoms with Crippen LogP contribution in [-0.4, -0.2) is 41.2 Å². The van der Waals surface area contributed by atoms with Crippen molar-refractivity contribution in [2.45, 2.75) is 26.3 Å². The van der Waals surface area contributed by atoms with E-state index in [4.69, 9.17) is 9.84 Å². The first-order chi connectivity index (χ1) is 9.54. The fourth-order valence-corrected chi connectivity index (χ4v) is 2.48. The van der Waals surface area contributed by atoms with Gasteiger partial charge in [-0.1, -0.05) is 0 Å². The second kappa shape index (κ2) is 5.90. The second-order valence-electron chi connectivity index (χ2n) is 4.79. The van der Waals surface area contributed by atoms with Gasteiger partial charge in [-0.3, -0.25) is 4.79 Å². The molecule has 0 aromatic carbocycles. The van der Waals surface area contributed by atoms with Gasteiger partial charge in [-0.05, 0) is 32.4 Å². The minimum Gasteiger partial charge on any atom is -0.481 e. The van der Waals surface area contributed by atoms with E-state index < -0.39 is 11.9 Å². The summed E-state index contributed by atoms with van der Waals surface area (Å²) in [5, 5.41) is 9.12. The van der Waals surface area contributed by atoms with Crippen molar-refractivity contribution >= 4 is 17.8 Å². The number of aromatic nitrogens is 1. The third-order valence-corrected chi connectivity index (χ3v) is 3.63. The molecule has 0 radical (unpaired) electrons. The standard InChI is InChI=1S/C14H18N2O4/c1-3-20-14(19)10-4-5-12(15-8-10)16-7-6-11(9(16)2)13(17)18/h4-5,8-9,11H,3,6-7H2,1-2H3,(H,17,18). The van der Waals surface area contributed by atoms with Crippen molar-refractivity contribution in [3.05, 3.63) is 23.9 Å². The van der Waals surface area contributed by atoms with Gasteiger partial charge >= 0.3 is 11.9 Å². The number of hydrogen-bond acceptors (Lipinski definition) is 5. The predicted molar refractivity (Wildman–Crippen MR) is 72.7 cm³/mol. The van der Waals surface area contributed by atoms with Gasteiger partial charge in [0.2, 0.25) is 0 Å². The van der Waals surface area contributed by atoms with Crippen LogP contribution in [0.15, 0.2) is 18.3 Å². The maximum Gasteiger partial charge on any atom is 0.339 e. The summed E-state index contributed by atoms with van der Waals surface area (Å²) in [6, 6.07) is 3.28. The van der Waals surface area contributed by atoms with Crippen LogP contribution >= 0.6 is 0 Å². The minimum absolute atomic E-state index is 0.103. The molecule has 2 rings (SSSR count). The lowest BCUT2D eigenvalue weighted by molar-refractivity contribution is -0.141. The summed E-state index contributed by atoms with van der Waals surface area (Å²) in [7, 11) is 0. The first-order valence-corrected chi connectivity index (χ1v) is 6.67. The summed E-state index contributed by atoms with van der Waals surface area (Å²) < 4.78 is 4.89. The molecule has 0 bridgehead atoms. The van der Waals surface area contributed by atoms with Gasteiger partial charge in [0.25, 0.3) is 0 Å². The van der Waals surface area contributed by atoms with Crippen molar-refractivity contribution in [3.63, 3.8) is 0 Å². The normalized spacial score (nSPS) is 21.8. The van der Waals surface area contributed by atoms with E-state index in [1.165, 1.54) is 6.20 Å². The van der Waals surface area contributed by atoms with E-state index in [9.17, 15) is 9.59 Å². The van der Waals surface area contributed by atoms with Gasteiger partial charge in [-0.25, -0.2) is 9.78 Å². The number of nitrogens with zero attached hydrogens (tertiary/aromatic N) is 2. The number of ether oxygens (including phenoxy) is 1. The number of hydrogen-bond donors (Lipinski definition) is 1. The third kappa shape index (κ3) is 2.74. The molecule has 6 nitrogen and oxygen atoms in total. The zero-order valence-electron chi connectivity index (χ0n) is 11.6. The second-order valence-corrected chi connectivity index (χ2v) is 4.79. The van der Waals surface area contributed by atoms with Crippen molar-refractivity contribution in [2.24, 2.45) is 5.92 Å². The van der Waals surface area contributed by atoms with Crippen LogP contribution in [0.2, 0.25) is 0 Å². The molecule has 0 amide bonds. The molecule has 2 unspecified atom stereocenters. The van der Waals surface area contributed by atoms with Crippen molar-refractivity contribution in [1.29, 1.82) is 0 Å². The molecule has 1 aromatic heterocycles. The number of carboxylic acids is 1. The van der Waals surface area contributed by atoms with E-state index in [0.29, 0.717) is 31.0 Å². The van der Waals surface area contributed by atoms with Gasteiger partial charge in [-0.2, -0.15) is 0 Å². The van der Waals surface area contributed by atoms with E-state index in [1.54, 1.807) is 19.1 Å². The number of carbonyl (C=O) groups excluding carboxylic acids is 1. The van der Waals surface area contributed by atoms with Gasteiger partial charge < -0.3 is 14.7 Å². The van der Waals surface area contributed by atoms with Gasteiger partial charge in [0.1, 0.15) is 5.82 Å². The van der Waals surface area contributed by atoms with E-state index >= 15 is 0 Å². The van der Waals surface area contributed by atoms with E-state index in [0.717, 1.165) is 0 Å². The number of anilines is 1. The summed E-state index contributed by atoms with van der Waals surface area (Å²) >= 11 is 0. The van der Waals surface area contributed by atoms with Crippen LogP contribution in [0.4, 0.5) is 5.82 Å². The highest BCUT2D eigenvalue weighted by molar-refractivity contribution is 5.89. The fourth-order valence-electron chi connectivity index (χ4n) is 2.48. The molecule has 1 aliphatic rings. The highest BCUT2D eigenvalue weighted by Crippen LogP contribution is 2.28. The van der Waals surface area contributed by atoms with Crippen LogP contribution in [0.3, 0.4) is 0 Å². The Balaban J connectivity index is 2.11. The van der Waals surface area contributed by atoms with E-state index in [-0.39, 0.29) is 12.0 Å². The first-order valence-electron chi connectivity index (χ1n) is 6.67. The Morgan fingerprint density at radius 3 is 2.75 bits per heavy atom. The van der Waals surface area contributed by atoms with Gasteiger partial charge in [-0.15, -0.1) is 0 Å². The molecule has 0 aliphatic carbocycles. The highest BCUT2D eigenvalue weighted by Gasteiger charge is 2.36. The Labute approximate surface area is 117 Å². The van der Waals surface area contributed by atoms with Crippen LogP contribution < -0.4 is 4.90 Å². The smallest absolute Gasteiger partial charge is 0.339 e. The maximum atomic E-state index is 11.5. The number of carbonyl (C=O) groups is 2. The lowest BCUT2D eigenvalue weighted by Gasteiger charge is -2.24. The summed E-state index contributed by atoms with van der Waals surface area (Å²) in [6.07, 6.45) is 2.08. The SMILES string of the molecule is CCOC(=O)c1ccc(N2CCC(C(=O)O)C2C)nc1. The number of pyridine rings is 1. The molecule has 0 spiro atoms. The summed E-state index contributed by atoms with van der Waals surface area (Å²) in [5.74, 6) is -0.858. The molecule has 0 saturated carbocycles. The van der Waals surface area contributed by atoms with Crippen LogP contribution in [0, 0.1) is 5.92 Å². The van der Waals surface area contributed by atoms with Crippen LogP contribution in [0.25, 0.3) is 0 Å². The zero-order chi connectivity index (χ0) is 14.7. The molecule has 1 saturated heterocycles. The van der Waals surface area contributed by atoms with Crippen LogP contribution in [-0.2, 0) is 9.53 Å². The van der Waals surface area contributed by atoms with Crippen LogP contribution in [0.1, 0.15) is 30.6 Å². The summed E-state index contributed by atoms with van der Waals surface area (Å²) in [6.45, 7) is 4.61. The Kier molecular flexibility index (Phi) is 4.22. The number of rotatable bonds is 4. The lowest BCUT2D eigenvalue weighted by atomic mass is 10.0. The monoisotopic (exact) mass is 278 g/mol. The molecule has 1 N–H and O–H groups in total. The predicted octanol–water partition coefficient (Wildman–Crippen LogP) is 1.56. The first kappa shape index (κ1) is 14.3. The summed E-state index contributed by atoms with van der Waals surface area (Å²) in [5.41, 5.74) is 0.400. The minimum atomic E-state index is -0.775. The lowest BCUT2D eigenvalue weighted by Crippen LogP contribution is -2.33. The van der Waals surface area contributed by atoms with Crippen molar-refractivity contribution in [1.82, 2.24) is 4.98 Å². The van der Waals surface area contributed by atoms with Gasteiger partial charge in [0, 0.05) is 18.8 Å². The zero-order valence-corrected chi connectivity index (χ0v) is 11.6. The Bertz CT molecular complexity index is 500. The van der Waals surface area contributed by atoms with Crippen molar-refractivity contribution < 1.29 is 19.4 Å². The molecule has 2 atom stereocenters. The summed E-state index contributed by atoms with van der Waals surface area (Å²) in [4.78, 5) is 28.8. The van der Waals surface area contributed by atoms with E-state index in [2.05, 4.69) is 4.98 Å². The topological polar surface area (TPSA) is 79.7 Å². The Morgan fingerprint density at radius 1 is 1.50 bits per heavy atom. The quantitative estimate of drug-likeness (QED) is 0.842. The highest BCUT2D eigenvalue weighted by atomic mass is 16.5. The number of carboxylic acid groups (broad SMARTS) is 1. The largest absolute Gasteiger partial charge is 0.481 e. The van der Waals surface area contributed by atoms with Crippen molar-refractivity contribution in [2.75, 3.05) is 18.1 Å². The average molecular weight is 278 g/mol. The molecule has 108 valence electrons. The molecule has 1 fully saturated rings. The van der Waals surface area contributed by atoms with Crippen LogP contribution in [0.5, 0.6) is 0 Å². The molecule has 1 aliphatic heterocycles. The Morgan fingerprint density at radius 2 is 2.25 bits per heavy atom. The molecule has 1 aromatic rings. The van der Waals surface area contributed by atoms with Gasteiger partial charge in [0.05, 0.1) is 18.1 Å². The molecule has 20 heavy (non-hydrogen) atoms. The molecular weight excluding hydrogens is 260 g/mol. The molecule has 2 heterocycles. The van der Waals surface area contributed by atoms with E-state index in [1.807, 2.05) is 11.8 Å². The third-order valence-electron chi connectivity index (χ3n) is 3.63. The number of aliphatic carboxylic acids is 1. The average Bonchev–Trinajstić information content (AvgIpc) is 2.81. The van der Waals surface area contributed by atoms with Gasteiger partial charge in [0.15, 0.2) is 0 Å². The Hall–Kier alpha value is -2.11.